The number of nitrogens with zero attached hydrogens (tertiary/aromatic N) is 2. The molecule has 322 valence electrons. The summed E-state index contributed by atoms with van der Waals surface area (Å²) in [5, 5.41) is 18.2. The molecule has 4 rings (SSSR count). The summed E-state index contributed by atoms with van der Waals surface area (Å²) in [5.74, 6) is -2.23. The van der Waals surface area contributed by atoms with Gasteiger partial charge in [0.15, 0.2) is 8.32 Å². The fourth-order valence-corrected chi connectivity index (χ4v) is 9.00. The molecule has 1 saturated heterocycles. The number of hydrazine groups is 1. The summed E-state index contributed by atoms with van der Waals surface area (Å²) in [6.07, 6.45) is 6.35. The van der Waals surface area contributed by atoms with Crippen molar-refractivity contribution in [1.29, 1.82) is 0 Å². The van der Waals surface area contributed by atoms with Crippen LogP contribution in [0.25, 0.3) is 17.0 Å². The minimum Gasteiger partial charge on any atom is -0.460 e. The summed E-state index contributed by atoms with van der Waals surface area (Å²) in [4.78, 5) is 59.3. The summed E-state index contributed by atoms with van der Waals surface area (Å²) in [7, 11) is -2.13. The van der Waals surface area contributed by atoms with Crippen LogP contribution in [0.1, 0.15) is 111 Å². The van der Waals surface area contributed by atoms with Gasteiger partial charge in [0.2, 0.25) is 15.6 Å². The van der Waals surface area contributed by atoms with E-state index in [-0.39, 0.29) is 16.9 Å². The highest BCUT2D eigenvalue weighted by molar-refractivity contribution is 6.74. The molecule has 4 N–H and O–H groups in total. The third-order valence-electron chi connectivity index (χ3n) is 11.8. The molecule has 1 aromatic carbocycles. The Morgan fingerprint density at radius 2 is 1.67 bits per heavy atom. The summed E-state index contributed by atoms with van der Waals surface area (Å²) >= 11 is 17.2. The second-order valence-electron chi connectivity index (χ2n) is 18.1. The lowest BCUT2D eigenvalue weighted by Crippen LogP contribution is -2.61. The summed E-state index contributed by atoms with van der Waals surface area (Å²) in [6.45, 7) is 20.0. The lowest BCUT2D eigenvalue weighted by atomic mass is 9.68. The second-order valence-corrected chi connectivity index (χ2v) is 25.4. The molecule has 12 nitrogen and oxygen atoms in total. The number of aliphatic hydroxyl groups is 1. The molecule has 16 heteroatoms. The maximum absolute atomic E-state index is 14.7. The molecule has 58 heavy (non-hydrogen) atoms. The van der Waals surface area contributed by atoms with Gasteiger partial charge in [-0.05, 0) is 101 Å². The normalized spacial score (nSPS) is 23.7. The van der Waals surface area contributed by atoms with E-state index in [1.165, 1.54) is 5.01 Å². The Bertz CT molecular complexity index is 1840. The van der Waals surface area contributed by atoms with E-state index in [1.54, 1.807) is 19.9 Å². The molecular weight excluding hydrogens is 821 g/mol. The zero-order valence-electron chi connectivity index (χ0n) is 35.5. The van der Waals surface area contributed by atoms with Crippen LogP contribution in [0.3, 0.4) is 0 Å². The number of amides is 3. The molecule has 4 atom stereocenters. The van der Waals surface area contributed by atoms with Gasteiger partial charge in [-0.15, -0.1) is 0 Å². The fraction of sp³-hybridized carbons (Fsp3) is 0.643. The van der Waals surface area contributed by atoms with Crippen molar-refractivity contribution in [3.05, 3.63) is 47.7 Å². The van der Waals surface area contributed by atoms with Crippen LogP contribution < -0.4 is 16.1 Å². The van der Waals surface area contributed by atoms with E-state index in [9.17, 15) is 24.3 Å². The van der Waals surface area contributed by atoms with Crippen LogP contribution in [0.2, 0.25) is 18.1 Å². The lowest BCUT2D eigenvalue weighted by Gasteiger charge is -2.49. The SMILES string of the molecule is CC(C)[C@H](NC(=O)[C@]1(/C=C/c2ccc3ccc([C@@H](C)O)nc3c2)CC[C@](C)(O[Si](C)(C)C(C)(C)C)CC1)C(=O)N[C@@H](C)C(=O)N1CCC[C@@H](C(=O)OCC(Cl)(Cl)Cl)N1. The number of halogens is 3. The van der Waals surface area contributed by atoms with Crippen LogP contribution >= 0.6 is 34.8 Å². The van der Waals surface area contributed by atoms with Crippen LogP contribution in [0.15, 0.2) is 36.4 Å². The summed E-state index contributed by atoms with van der Waals surface area (Å²) in [5.41, 5.74) is 3.64. The highest BCUT2D eigenvalue weighted by atomic mass is 35.6. The Morgan fingerprint density at radius 1 is 1.03 bits per heavy atom. The molecule has 1 aliphatic carbocycles. The van der Waals surface area contributed by atoms with E-state index in [0.717, 1.165) is 16.5 Å². The van der Waals surface area contributed by atoms with E-state index in [4.69, 9.17) is 44.0 Å². The number of esters is 1. The molecule has 0 radical (unpaired) electrons. The van der Waals surface area contributed by atoms with Crippen molar-refractivity contribution in [3.8, 4) is 0 Å². The standard InChI is InChI=1S/C42H62Cl3N5O7Si/c1-26(2)34(35(52)46-27(3)36(53)50-23-11-12-32(49-50)37(54)56-25-42(43,44)45)48-38(55)41(21-19-40(8,20-22-41)57-58(9,10)39(5,6)7)18-17-29-13-14-30-15-16-31(28(4)51)47-33(30)24-29/h13-18,24,26-28,32,34,49,51H,11-12,19-23,25H2,1-10H3,(H,46,52)(H,48,55)/b18-17+/t27-,28+,32-,34-,40-,41+/m0/s1. The smallest absolute Gasteiger partial charge is 0.325 e. The number of carbonyl (C=O) groups is 4. The maximum atomic E-state index is 14.7. The first-order valence-corrected chi connectivity index (χ1v) is 24.2. The highest BCUT2D eigenvalue weighted by Gasteiger charge is 2.49. The maximum Gasteiger partial charge on any atom is 0.325 e. The Balaban J connectivity index is 1.54. The average Bonchev–Trinajstić information content (AvgIpc) is 3.13. The van der Waals surface area contributed by atoms with E-state index in [2.05, 4.69) is 61.8 Å². The van der Waals surface area contributed by atoms with Gasteiger partial charge in [0.1, 0.15) is 24.7 Å². The number of fused-ring (bicyclic) bond motifs is 1. The first kappa shape index (κ1) is 47.9. The van der Waals surface area contributed by atoms with Crippen molar-refractivity contribution < 1.29 is 33.4 Å². The Morgan fingerprint density at radius 3 is 2.26 bits per heavy atom. The van der Waals surface area contributed by atoms with Gasteiger partial charge >= 0.3 is 5.97 Å². The van der Waals surface area contributed by atoms with Crippen LogP contribution in [0, 0.1) is 11.3 Å². The van der Waals surface area contributed by atoms with E-state index < -0.39 is 71.7 Å². The minimum absolute atomic E-state index is 0.0144. The molecule has 0 unspecified atom stereocenters. The Hall–Kier alpha value is -2.78. The predicted molar refractivity (Wildman–Crippen MR) is 232 cm³/mol. The highest BCUT2D eigenvalue weighted by Crippen LogP contribution is 2.48. The summed E-state index contributed by atoms with van der Waals surface area (Å²) in [6, 6.07) is 6.83. The van der Waals surface area contributed by atoms with Gasteiger partial charge in [0.05, 0.1) is 28.3 Å². The fourth-order valence-electron chi connectivity index (χ4n) is 7.09. The zero-order valence-corrected chi connectivity index (χ0v) is 38.8. The topological polar surface area (TPSA) is 159 Å². The third kappa shape index (κ3) is 12.4. The van der Waals surface area contributed by atoms with Gasteiger partial charge in [0.25, 0.3) is 5.91 Å². The van der Waals surface area contributed by atoms with Crippen molar-refractivity contribution in [3.63, 3.8) is 0 Å². The van der Waals surface area contributed by atoms with Crippen molar-refractivity contribution in [2.45, 2.75) is 146 Å². The number of nitrogens with one attached hydrogen (secondary N) is 3. The van der Waals surface area contributed by atoms with Gasteiger partial charge in [-0.1, -0.05) is 99.8 Å². The molecule has 2 heterocycles. The molecule has 1 aromatic heterocycles. The lowest BCUT2D eigenvalue weighted by molar-refractivity contribution is -0.152. The summed E-state index contributed by atoms with van der Waals surface area (Å²) < 4.78 is 10.3. The molecular formula is C42H62Cl3N5O7Si. The van der Waals surface area contributed by atoms with Gasteiger partial charge in [-0.3, -0.25) is 29.2 Å². The Kier molecular flexibility index (Phi) is 15.6. The molecule has 0 bridgehead atoms. The van der Waals surface area contributed by atoms with E-state index in [1.807, 2.05) is 50.3 Å². The van der Waals surface area contributed by atoms with Crippen molar-refractivity contribution in [2.24, 2.45) is 11.3 Å². The number of ether oxygens (including phenoxy) is 1. The van der Waals surface area contributed by atoms with E-state index in [0.29, 0.717) is 50.8 Å². The van der Waals surface area contributed by atoms with E-state index >= 15 is 0 Å². The first-order chi connectivity index (χ1) is 26.7. The van der Waals surface area contributed by atoms with Gasteiger partial charge in [-0.25, -0.2) is 5.43 Å². The van der Waals surface area contributed by atoms with Crippen LogP contribution in [0.5, 0.6) is 0 Å². The molecule has 2 fully saturated rings. The first-order valence-electron chi connectivity index (χ1n) is 20.2. The van der Waals surface area contributed by atoms with Gasteiger partial charge in [0, 0.05) is 11.9 Å². The van der Waals surface area contributed by atoms with Crippen molar-refractivity contribution >= 4 is 83.8 Å². The third-order valence-corrected chi connectivity index (χ3v) is 16.7. The van der Waals surface area contributed by atoms with Crippen molar-refractivity contribution in [2.75, 3.05) is 13.2 Å². The molecule has 0 spiro atoms. The van der Waals surface area contributed by atoms with Gasteiger partial charge in [-0.2, -0.15) is 0 Å². The monoisotopic (exact) mass is 881 g/mol. The second kappa shape index (κ2) is 18.9. The molecule has 1 aliphatic heterocycles. The number of alkyl halides is 3. The van der Waals surface area contributed by atoms with Crippen molar-refractivity contribution in [1.82, 2.24) is 26.1 Å². The number of aliphatic hydroxyl groups excluding tert-OH is 1. The molecule has 2 aliphatic rings. The minimum atomic E-state index is -2.13. The average molecular weight is 883 g/mol. The molecule has 2 aromatic rings. The number of aromatic nitrogens is 1. The Labute approximate surface area is 359 Å². The zero-order chi connectivity index (χ0) is 43.4. The van der Waals surface area contributed by atoms with Crippen LogP contribution in [-0.2, 0) is 28.3 Å². The number of hydrogen-bond acceptors (Lipinski definition) is 9. The number of hydrogen-bond donors (Lipinski definition) is 4. The predicted octanol–water partition coefficient (Wildman–Crippen LogP) is 7.70. The number of rotatable bonds is 13. The van der Waals surface area contributed by atoms with Crippen LogP contribution in [0.4, 0.5) is 0 Å². The number of pyridine rings is 1. The molecule has 3 amide bonds. The number of benzene rings is 1. The van der Waals surface area contributed by atoms with Gasteiger partial charge < -0.3 is 24.9 Å². The number of carbonyl (C=O) groups excluding carboxylic acids is 4. The largest absolute Gasteiger partial charge is 0.460 e. The molecule has 1 saturated carbocycles. The quantitative estimate of drug-likeness (QED) is 0.0899. The van der Waals surface area contributed by atoms with Crippen LogP contribution in [-0.4, -0.2) is 87.8 Å².